The van der Waals surface area contributed by atoms with E-state index in [0.717, 1.165) is 11.3 Å². The number of nitrogens with two attached hydrogens (primary N) is 2. The van der Waals surface area contributed by atoms with Crippen LogP contribution in [0.1, 0.15) is 5.69 Å². The molecular formula is C7H8N4O4S. The van der Waals surface area contributed by atoms with Gasteiger partial charge in [-0.1, -0.05) is 5.16 Å². The summed E-state index contributed by atoms with van der Waals surface area (Å²) in [6.07, 6.45) is 0. The van der Waals surface area contributed by atoms with Crippen LogP contribution in [-0.4, -0.2) is 34.3 Å². The minimum Gasteiger partial charge on any atom is -0.479 e. The van der Waals surface area contributed by atoms with Crippen molar-refractivity contribution in [2.75, 3.05) is 12.3 Å². The zero-order valence-electron chi connectivity index (χ0n) is 7.91. The molecule has 9 heteroatoms. The maximum atomic E-state index is 11.0. The first-order chi connectivity index (χ1) is 7.50. The summed E-state index contributed by atoms with van der Waals surface area (Å²) in [5.41, 5.74) is 10.3. The van der Waals surface area contributed by atoms with Crippen LogP contribution < -0.4 is 11.5 Å². The predicted molar refractivity (Wildman–Crippen MR) is 55.8 cm³/mol. The van der Waals surface area contributed by atoms with Gasteiger partial charge in [-0.25, -0.2) is 9.78 Å². The first-order valence-corrected chi connectivity index (χ1v) is 4.81. The summed E-state index contributed by atoms with van der Waals surface area (Å²) in [5, 5.41) is 13.3. The number of aliphatic carboxylic acids is 1. The first-order valence-electron chi connectivity index (χ1n) is 3.93. The maximum absolute atomic E-state index is 11.0. The second kappa shape index (κ2) is 5.07. The van der Waals surface area contributed by atoms with Crippen molar-refractivity contribution in [3.63, 3.8) is 0 Å². The highest BCUT2D eigenvalue weighted by Crippen LogP contribution is 2.12. The number of primary amides is 1. The minimum absolute atomic E-state index is 0.153. The van der Waals surface area contributed by atoms with E-state index in [0.29, 0.717) is 0 Å². The summed E-state index contributed by atoms with van der Waals surface area (Å²) >= 11 is 1.10. The lowest BCUT2D eigenvalue weighted by molar-refractivity contribution is -0.142. The molecule has 1 rings (SSSR count). The number of amides is 1. The second-order valence-corrected chi connectivity index (χ2v) is 3.43. The maximum Gasteiger partial charge on any atom is 0.344 e. The lowest BCUT2D eigenvalue weighted by atomic mass is 10.3. The number of anilines is 1. The standard InChI is InChI=1S/C7H8N4O4S/c8-6(14)5(11-15-1-4(12)13)3-2-16-7(9)10-3/h2H,1H2,(H2,8,14)(H2,9,10)(H,12,13)/b11-5-. The van der Waals surface area contributed by atoms with Crippen molar-refractivity contribution in [2.45, 2.75) is 0 Å². The number of thiazole rings is 1. The molecule has 1 aromatic rings. The summed E-state index contributed by atoms with van der Waals surface area (Å²) < 4.78 is 0. The molecule has 0 aliphatic rings. The number of nitrogen functional groups attached to an aromatic ring is 1. The zero-order chi connectivity index (χ0) is 12.1. The van der Waals surface area contributed by atoms with Gasteiger partial charge >= 0.3 is 5.97 Å². The van der Waals surface area contributed by atoms with Crippen molar-refractivity contribution in [2.24, 2.45) is 10.9 Å². The third-order valence-corrected chi connectivity index (χ3v) is 2.02. The van der Waals surface area contributed by atoms with Crippen LogP contribution in [0.5, 0.6) is 0 Å². The van der Waals surface area contributed by atoms with E-state index < -0.39 is 18.5 Å². The van der Waals surface area contributed by atoms with Crippen molar-refractivity contribution in [1.82, 2.24) is 4.98 Å². The predicted octanol–water partition coefficient (Wildman–Crippen LogP) is -0.984. The highest BCUT2D eigenvalue weighted by Gasteiger charge is 2.15. The van der Waals surface area contributed by atoms with E-state index in [1.165, 1.54) is 5.38 Å². The molecule has 0 aliphatic carbocycles. The lowest BCUT2D eigenvalue weighted by Crippen LogP contribution is -2.25. The van der Waals surface area contributed by atoms with Crippen LogP contribution in [0.25, 0.3) is 0 Å². The zero-order valence-corrected chi connectivity index (χ0v) is 8.73. The van der Waals surface area contributed by atoms with E-state index in [4.69, 9.17) is 16.6 Å². The summed E-state index contributed by atoms with van der Waals surface area (Å²) in [4.78, 5) is 29.3. The number of hydrogen-bond donors (Lipinski definition) is 3. The number of aromatic nitrogens is 1. The van der Waals surface area contributed by atoms with Gasteiger partial charge in [-0.3, -0.25) is 4.79 Å². The van der Waals surface area contributed by atoms with Gasteiger partial charge < -0.3 is 21.4 Å². The van der Waals surface area contributed by atoms with Gasteiger partial charge in [-0.05, 0) is 0 Å². The van der Waals surface area contributed by atoms with E-state index in [2.05, 4.69) is 15.0 Å². The molecular weight excluding hydrogens is 236 g/mol. The SMILES string of the molecule is NC(=O)/C(=N\OCC(=O)O)c1csc(N)n1. The Balaban J connectivity index is 2.83. The molecule has 0 unspecified atom stereocenters. The smallest absolute Gasteiger partial charge is 0.344 e. The molecule has 86 valence electrons. The topological polar surface area (TPSA) is 141 Å². The van der Waals surface area contributed by atoms with Gasteiger partial charge in [-0.2, -0.15) is 0 Å². The average Bonchev–Trinajstić information content (AvgIpc) is 2.58. The molecule has 0 saturated heterocycles. The Labute approximate surface area is 93.5 Å². The van der Waals surface area contributed by atoms with Gasteiger partial charge in [0.05, 0.1) is 0 Å². The molecule has 1 heterocycles. The van der Waals surface area contributed by atoms with Crippen LogP contribution in [0.15, 0.2) is 10.5 Å². The summed E-state index contributed by atoms with van der Waals surface area (Å²) in [7, 11) is 0. The molecule has 8 nitrogen and oxygen atoms in total. The lowest BCUT2D eigenvalue weighted by Gasteiger charge is -1.98. The largest absolute Gasteiger partial charge is 0.479 e. The fourth-order valence-corrected chi connectivity index (χ4v) is 1.31. The number of rotatable bonds is 5. The fraction of sp³-hybridized carbons (Fsp3) is 0.143. The van der Waals surface area contributed by atoms with Gasteiger partial charge in [-0.15, -0.1) is 11.3 Å². The Bertz CT molecular complexity index is 441. The quantitative estimate of drug-likeness (QED) is 0.448. The third kappa shape index (κ3) is 3.20. The normalized spacial score (nSPS) is 11.1. The molecule has 1 amide bonds. The Kier molecular flexibility index (Phi) is 3.78. The third-order valence-electron chi connectivity index (χ3n) is 1.34. The summed E-state index contributed by atoms with van der Waals surface area (Å²) in [6.45, 7) is -0.670. The highest BCUT2D eigenvalue weighted by molar-refractivity contribution is 7.13. The van der Waals surface area contributed by atoms with Crippen LogP contribution in [-0.2, 0) is 14.4 Å². The van der Waals surface area contributed by atoms with Crippen LogP contribution in [0.2, 0.25) is 0 Å². The van der Waals surface area contributed by atoms with Crippen LogP contribution in [0, 0.1) is 0 Å². The fourth-order valence-electron chi connectivity index (χ4n) is 0.766. The van der Waals surface area contributed by atoms with Crippen LogP contribution in [0.3, 0.4) is 0 Å². The average molecular weight is 244 g/mol. The summed E-state index contributed by atoms with van der Waals surface area (Å²) in [5.74, 6) is -2.10. The Morgan fingerprint density at radius 2 is 2.31 bits per heavy atom. The molecule has 0 radical (unpaired) electrons. The van der Waals surface area contributed by atoms with E-state index >= 15 is 0 Å². The number of oxime groups is 1. The molecule has 0 saturated carbocycles. The van der Waals surface area contributed by atoms with Gasteiger partial charge in [0.15, 0.2) is 10.8 Å². The second-order valence-electron chi connectivity index (χ2n) is 2.54. The number of hydrogen-bond acceptors (Lipinski definition) is 7. The van der Waals surface area contributed by atoms with Crippen molar-refractivity contribution in [1.29, 1.82) is 0 Å². The molecule has 16 heavy (non-hydrogen) atoms. The molecule has 0 aromatic carbocycles. The Morgan fingerprint density at radius 3 is 2.75 bits per heavy atom. The van der Waals surface area contributed by atoms with Crippen LogP contribution >= 0.6 is 11.3 Å². The van der Waals surface area contributed by atoms with Gasteiger partial charge in [0, 0.05) is 5.38 Å². The number of carbonyl (C=O) groups excluding carboxylic acids is 1. The first kappa shape index (κ1) is 11.9. The molecule has 0 bridgehead atoms. The van der Waals surface area contributed by atoms with Crippen molar-refractivity contribution < 1.29 is 19.5 Å². The Hall–Kier alpha value is -2.16. The van der Waals surface area contributed by atoms with Crippen molar-refractivity contribution in [3.05, 3.63) is 11.1 Å². The number of carbonyl (C=O) groups is 2. The van der Waals surface area contributed by atoms with E-state index in [1.54, 1.807) is 0 Å². The van der Waals surface area contributed by atoms with Crippen molar-refractivity contribution >= 4 is 34.1 Å². The van der Waals surface area contributed by atoms with Crippen LogP contribution in [0.4, 0.5) is 5.13 Å². The highest BCUT2D eigenvalue weighted by atomic mass is 32.1. The number of carboxylic acid groups (broad SMARTS) is 1. The van der Waals surface area contributed by atoms with E-state index in [-0.39, 0.29) is 16.5 Å². The molecule has 0 aliphatic heterocycles. The molecule has 0 atom stereocenters. The molecule has 0 spiro atoms. The van der Waals surface area contributed by atoms with E-state index in [1.807, 2.05) is 0 Å². The monoisotopic (exact) mass is 244 g/mol. The minimum atomic E-state index is -1.22. The van der Waals surface area contributed by atoms with Crippen molar-refractivity contribution in [3.8, 4) is 0 Å². The summed E-state index contributed by atoms with van der Waals surface area (Å²) in [6, 6.07) is 0. The molecule has 5 N–H and O–H groups in total. The van der Waals surface area contributed by atoms with Gasteiger partial charge in [0.1, 0.15) is 5.69 Å². The van der Waals surface area contributed by atoms with Gasteiger partial charge in [0.2, 0.25) is 6.61 Å². The molecule has 0 fully saturated rings. The number of carboxylic acids is 1. The number of nitrogens with zero attached hydrogens (tertiary/aromatic N) is 2. The van der Waals surface area contributed by atoms with E-state index in [9.17, 15) is 9.59 Å². The molecule has 1 aromatic heterocycles. The Morgan fingerprint density at radius 1 is 1.62 bits per heavy atom. The van der Waals surface area contributed by atoms with Gasteiger partial charge in [0.25, 0.3) is 5.91 Å².